The Morgan fingerprint density at radius 1 is 0.682 bits per heavy atom. The van der Waals surface area contributed by atoms with E-state index in [1.165, 1.54) is 0 Å². The van der Waals surface area contributed by atoms with Crippen LogP contribution in [0.5, 0.6) is 0 Å². The van der Waals surface area contributed by atoms with E-state index in [0.717, 1.165) is 6.07 Å². The summed E-state index contributed by atoms with van der Waals surface area (Å²) in [6, 6.07) is 2.07. The van der Waals surface area contributed by atoms with Gasteiger partial charge in [0.2, 0.25) is 0 Å². The smallest absolute Gasteiger partial charge is 0.195 e. The lowest BCUT2D eigenvalue weighted by atomic mass is 9.98. The molecule has 0 nitrogen and oxygen atoms in total. The number of hydrogen-bond donors (Lipinski definition) is 0. The third kappa shape index (κ3) is 1.92. The van der Waals surface area contributed by atoms with Crippen LogP contribution < -0.4 is 0 Å². The van der Waals surface area contributed by atoms with Gasteiger partial charge in [-0.2, -0.15) is 0 Å². The summed E-state index contributed by atoms with van der Waals surface area (Å²) in [7, 11) is 0. The molecule has 3 rings (SSSR count). The number of benzene rings is 2. The maximum Gasteiger partial charge on any atom is 0.195 e. The second kappa shape index (κ2) is 4.86. The first-order chi connectivity index (χ1) is 10.3. The van der Waals surface area contributed by atoms with Crippen LogP contribution in [0.15, 0.2) is 24.0 Å². The van der Waals surface area contributed by atoms with Crippen molar-refractivity contribution in [1.82, 2.24) is 0 Å². The fourth-order valence-corrected chi connectivity index (χ4v) is 2.37. The number of halogens is 7. The van der Waals surface area contributed by atoms with Crippen molar-refractivity contribution in [2.45, 2.75) is 6.42 Å². The highest BCUT2D eigenvalue weighted by molar-refractivity contribution is 5.76. The summed E-state index contributed by atoms with van der Waals surface area (Å²) < 4.78 is 94.2. The van der Waals surface area contributed by atoms with Crippen molar-refractivity contribution in [3.05, 3.63) is 64.2 Å². The Hall–Kier alpha value is -2.31. The van der Waals surface area contributed by atoms with Gasteiger partial charge in [-0.25, -0.2) is 30.7 Å². The Kier molecular flexibility index (Phi) is 3.23. The quantitative estimate of drug-likeness (QED) is 0.500. The largest absolute Gasteiger partial charge is 0.208 e. The van der Waals surface area contributed by atoms with E-state index in [9.17, 15) is 30.7 Å². The second-order valence-electron chi connectivity index (χ2n) is 4.70. The van der Waals surface area contributed by atoms with Crippen LogP contribution >= 0.6 is 0 Å². The first kappa shape index (κ1) is 14.6. The van der Waals surface area contributed by atoms with E-state index in [4.69, 9.17) is 0 Å². The van der Waals surface area contributed by atoms with Crippen molar-refractivity contribution in [3.8, 4) is 11.1 Å². The molecule has 0 unspecified atom stereocenters. The second-order valence-corrected chi connectivity index (χ2v) is 4.70. The van der Waals surface area contributed by atoms with Crippen molar-refractivity contribution < 1.29 is 30.7 Å². The topological polar surface area (TPSA) is 0 Å². The van der Waals surface area contributed by atoms with E-state index in [1.54, 1.807) is 0 Å². The maximum absolute atomic E-state index is 14.0. The lowest BCUT2D eigenvalue weighted by molar-refractivity contribution is 0.448. The van der Waals surface area contributed by atoms with Gasteiger partial charge in [-0.15, -0.1) is 0 Å². The first-order valence-electron chi connectivity index (χ1n) is 6.02. The Bertz CT molecular complexity index is 837. The molecule has 0 heterocycles. The predicted octanol–water partition coefficient (Wildman–Crippen LogP) is 5.21. The molecular weight excluding hydrogens is 313 g/mol. The zero-order valence-corrected chi connectivity index (χ0v) is 10.6. The minimum absolute atomic E-state index is 0.243. The van der Waals surface area contributed by atoms with Crippen molar-refractivity contribution in [1.29, 1.82) is 0 Å². The summed E-state index contributed by atoms with van der Waals surface area (Å²) in [5.74, 6) is -11.3. The van der Waals surface area contributed by atoms with Crippen molar-refractivity contribution in [2.24, 2.45) is 0 Å². The van der Waals surface area contributed by atoms with Crippen molar-refractivity contribution in [3.63, 3.8) is 0 Å². The molecule has 0 spiro atoms. The molecular formula is C15H5F7. The van der Waals surface area contributed by atoms with Gasteiger partial charge in [-0.3, -0.25) is 0 Å². The van der Waals surface area contributed by atoms with Crippen LogP contribution in [0.2, 0.25) is 0 Å². The summed E-state index contributed by atoms with van der Waals surface area (Å²) in [6.07, 6.45) is -0.628. The zero-order chi connectivity index (χ0) is 16.2. The molecule has 114 valence electrons. The minimum Gasteiger partial charge on any atom is -0.208 e. The zero-order valence-electron chi connectivity index (χ0n) is 10.6. The standard InChI is InChI=1S/C15H5F7/c16-8-2-1-6(11(18)14(8)21)7-3-5-4-9(17)13(20)10(5)15(22)12(7)19/h1-3H,4H2. The first-order valence-corrected chi connectivity index (χ1v) is 6.02. The molecule has 0 saturated heterocycles. The molecule has 1 aliphatic rings. The molecule has 0 saturated carbocycles. The highest BCUT2D eigenvalue weighted by Crippen LogP contribution is 2.41. The summed E-state index contributed by atoms with van der Waals surface area (Å²) in [6.45, 7) is 0. The summed E-state index contributed by atoms with van der Waals surface area (Å²) in [5.41, 5.74) is -2.60. The lowest BCUT2D eigenvalue weighted by Crippen LogP contribution is -2.01. The van der Waals surface area contributed by atoms with Gasteiger partial charge < -0.3 is 0 Å². The van der Waals surface area contributed by atoms with Crippen LogP contribution in [0.3, 0.4) is 0 Å². The SMILES string of the molecule is FC1=C(F)c2c(cc(-c3ccc(F)c(F)c3F)c(F)c2F)C1. The molecule has 0 fully saturated rings. The Morgan fingerprint density at radius 2 is 1.32 bits per heavy atom. The minimum atomic E-state index is -1.85. The van der Waals surface area contributed by atoms with E-state index in [2.05, 4.69) is 0 Å². The van der Waals surface area contributed by atoms with Gasteiger partial charge in [0.1, 0.15) is 5.83 Å². The molecule has 0 atom stereocenters. The van der Waals surface area contributed by atoms with Crippen LogP contribution in [0, 0.1) is 29.1 Å². The third-order valence-corrected chi connectivity index (χ3v) is 3.42. The molecule has 0 bridgehead atoms. The molecule has 0 N–H and O–H groups in total. The van der Waals surface area contributed by atoms with Gasteiger partial charge in [-0.05, 0) is 23.8 Å². The molecule has 7 heteroatoms. The molecule has 22 heavy (non-hydrogen) atoms. The van der Waals surface area contributed by atoms with Crippen LogP contribution in [0.25, 0.3) is 17.0 Å². The van der Waals surface area contributed by atoms with Gasteiger partial charge in [0.15, 0.2) is 34.9 Å². The molecule has 2 aromatic carbocycles. The monoisotopic (exact) mass is 318 g/mol. The number of allylic oxidation sites excluding steroid dienone is 1. The normalized spacial score (nSPS) is 13.8. The van der Waals surface area contributed by atoms with Gasteiger partial charge in [0.25, 0.3) is 0 Å². The van der Waals surface area contributed by atoms with Crippen LogP contribution in [0.1, 0.15) is 11.1 Å². The Labute approximate surface area is 119 Å². The van der Waals surface area contributed by atoms with E-state index in [-0.39, 0.29) is 5.56 Å². The lowest BCUT2D eigenvalue weighted by Gasteiger charge is -2.10. The van der Waals surface area contributed by atoms with Crippen LogP contribution in [-0.4, -0.2) is 0 Å². The van der Waals surface area contributed by atoms with Gasteiger partial charge in [0, 0.05) is 17.5 Å². The molecule has 2 aromatic rings. The number of rotatable bonds is 1. The van der Waals surface area contributed by atoms with E-state index in [1.807, 2.05) is 0 Å². The fraction of sp³-hybridized carbons (Fsp3) is 0.0667. The van der Waals surface area contributed by atoms with E-state index >= 15 is 0 Å². The van der Waals surface area contributed by atoms with Crippen molar-refractivity contribution >= 4 is 5.83 Å². The summed E-state index contributed by atoms with van der Waals surface area (Å²) in [4.78, 5) is 0. The maximum atomic E-state index is 14.0. The van der Waals surface area contributed by atoms with E-state index in [0.29, 0.717) is 12.1 Å². The fourth-order valence-electron chi connectivity index (χ4n) is 2.37. The molecule has 0 radical (unpaired) electrons. The van der Waals surface area contributed by atoms with Gasteiger partial charge in [0.05, 0.1) is 5.56 Å². The molecule has 0 aromatic heterocycles. The molecule has 1 aliphatic carbocycles. The number of hydrogen-bond acceptors (Lipinski definition) is 0. The van der Waals surface area contributed by atoms with Gasteiger partial charge >= 0.3 is 0 Å². The van der Waals surface area contributed by atoms with Crippen LogP contribution in [-0.2, 0) is 6.42 Å². The van der Waals surface area contributed by atoms with Crippen LogP contribution in [0.4, 0.5) is 30.7 Å². The highest BCUT2D eigenvalue weighted by Gasteiger charge is 2.31. The average molecular weight is 318 g/mol. The average Bonchev–Trinajstić information content (AvgIpc) is 2.76. The highest BCUT2D eigenvalue weighted by atomic mass is 19.2. The van der Waals surface area contributed by atoms with Crippen molar-refractivity contribution in [2.75, 3.05) is 0 Å². The summed E-state index contributed by atoms with van der Waals surface area (Å²) in [5, 5.41) is 0. The predicted molar refractivity (Wildman–Crippen MR) is 64.5 cm³/mol. The Balaban J connectivity index is 2.27. The summed E-state index contributed by atoms with van der Waals surface area (Å²) >= 11 is 0. The molecule has 0 aliphatic heterocycles. The number of fused-ring (bicyclic) bond motifs is 1. The third-order valence-electron chi connectivity index (χ3n) is 3.42. The molecule has 0 amide bonds. The van der Waals surface area contributed by atoms with Gasteiger partial charge in [-0.1, -0.05) is 0 Å². The Morgan fingerprint density at radius 3 is 2.00 bits per heavy atom. The van der Waals surface area contributed by atoms with E-state index < -0.39 is 63.9 Å².